The number of piperidine rings is 1. The highest BCUT2D eigenvalue weighted by atomic mass is 16.5. The van der Waals surface area contributed by atoms with Crippen LogP contribution in [-0.2, 0) is 4.74 Å². The molecule has 2 atom stereocenters. The number of hydrogen-bond acceptors (Lipinski definition) is 3. The van der Waals surface area contributed by atoms with Gasteiger partial charge in [0.15, 0.2) is 0 Å². The van der Waals surface area contributed by atoms with Crippen molar-refractivity contribution in [3.63, 3.8) is 0 Å². The quantitative estimate of drug-likeness (QED) is 0.718. The highest BCUT2D eigenvalue weighted by Crippen LogP contribution is 2.22. The molecule has 3 heteroatoms. The Morgan fingerprint density at radius 3 is 2.64 bits per heavy atom. The lowest BCUT2D eigenvalue weighted by Crippen LogP contribution is -2.35. The molecule has 0 aromatic carbocycles. The van der Waals surface area contributed by atoms with Crippen LogP contribution in [0.4, 0.5) is 0 Å². The first-order valence-corrected chi connectivity index (χ1v) is 5.80. The fourth-order valence-corrected chi connectivity index (χ4v) is 2.41. The molecule has 0 spiro atoms. The molecule has 0 aromatic heterocycles. The molecule has 2 heterocycles. The molecule has 0 bridgehead atoms. The van der Waals surface area contributed by atoms with Crippen LogP contribution in [0.5, 0.6) is 0 Å². The van der Waals surface area contributed by atoms with E-state index in [4.69, 9.17) is 4.74 Å². The molecule has 0 amide bonds. The number of hydrogen-bond donors (Lipinski definition) is 1. The van der Waals surface area contributed by atoms with E-state index >= 15 is 0 Å². The monoisotopic (exact) mass is 198 g/mol. The van der Waals surface area contributed by atoms with Gasteiger partial charge < -0.3 is 9.64 Å². The van der Waals surface area contributed by atoms with Crippen LogP contribution in [0, 0.1) is 5.92 Å². The lowest BCUT2D eigenvalue weighted by molar-refractivity contribution is 0.0666. The molecule has 82 valence electrons. The van der Waals surface area contributed by atoms with Crippen molar-refractivity contribution < 1.29 is 4.74 Å². The summed E-state index contributed by atoms with van der Waals surface area (Å²) in [6, 6.07) is 0.547. The zero-order chi connectivity index (χ0) is 9.97. The van der Waals surface area contributed by atoms with E-state index in [-0.39, 0.29) is 0 Å². The normalized spacial score (nSPS) is 36.4. The van der Waals surface area contributed by atoms with E-state index in [9.17, 15) is 0 Å². The van der Waals surface area contributed by atoms with E-state index in [1.807, 2.05) is 0 Å². The number of nitrogens with zero attached hydrogens (tertiary/aromatic N) is 1. The van der Waals surface area contributed by atoms with Gasteiger partial charge in [0.1, 0.15) is 6.23 Å². The van der Waals surface area contributed by atoms with Gasteiger partial charge in [0.05, 0.1) is 6.61 Å². The van der Waals surface area contributed by atoms with Crippen molar-refractivity contribution in [1.29, 1.82) is 0 Å². The minimum Gasteiger partial charge on any atom is -0.362 e. The van der Waals surface area contributed by atoms with Crippen LogP contribution in [0.1, 0.15) is 26.2 Å². The average molecular weight is 198 g/mol. The Kier molecular flexibility index (Phi) is 3.42. The number of nitrogens with one attached hydrogen (secondary N) is 1. The Bertz CT molecular complexity index is 178. The van der Waals surface area contributed by atoms with Gasteiger partial charge in [0, 0.05) is 6.04 Å². The SMILES string of the molecule is CC1COC(CC2CCN(C)CC2)N1. The van der Waals surface area contributed by atoms with Gasteiger partial charge in [0.25, 0.3) is 0 Å². The summed E-state index contributed by atoms with van der Waals surface area (Å²) in [6.07, 6.45) is 4.22. The lowest BCUT2D eigenvalue weighted by atomic mass is 9.93. The first-order valence-electron chi connectivity index (χ1n) is 5.80. The van der Waals surface area contributed by atoms with Gasteiger partial charge in [-0.3, -0.25) is 5.32 Å². The predicted octanol–water partition coefficient (Wildman–Crippen LogP) is 1.05. The average Bonchev–Trinajstić information content (AvgIpc) is 2.56. The second kappa shape index (κ2) is 4.60. The molecule has 0 aliphatic carbocycles. The van der Waals surface area contributed by atoms with Crippen LogP contribution >= 0.6 is 0 Å². The molecule has 2 aliphatic heterocycles. The fraction of sp³-hybridized carbons (Fsp3) is 1.00. The number of rotatable bonds is 2. The Morgan fingerprint density at radius 2 is 2.07 bits per heavy atom. The molecule has 2 unspecified atom stereocenters. The summed E-state index contributed by atoms with van der Waals surface area (Å²) in [5, 5.41) is 3.48. The Balaban J connectivity index is 1.70. The Hall–Kier alpha value is -0.120. The Morgan fingerprint density at radius 1 is 1.36 bits per heavy atom. The van der Waals surface area contributed by atoms with Gasteiger partial charge >= 0.3 is 0 Å². The standard InChI is InChI=1S/C11H22N2O/c1-9-8-14-11(12-9)7-10-3-5-13(2)6-4-10/h9-12H,3-8H2,1-2H3. The maximum absolute atomic E-state index is 5.67. The zero-order valence-electron chi connectivity index (χ0n) is 9.33. The van der Waals surface area contributed by atoms with E-state index in [0.29, 0.717) is 12.3 Å². The zero-order valence-corrected chi connectivity index (χ0v) is 9.33. The van der Waals surface area contributed by atoms with Crippen LogP contribution in [0.15, 0.2) is 0 Å². The number of ether oxygens (including phenoxy) is 1. The summed E-state index contributed by atoms with van der Waals surface area (Å²) in [4.78, 5) is 2.42. The van der Waals surface area contributed by atoms with Crippen molar-refractivity contribution in [3.8, 4) is 0 Å². The van der Waals surface area contributed by atoms with Crippen LogP contribution in [0.25, 0.3) is 0 Å². The van der Waals surface area contributed by atoms with Gasteiger partial charge in [-0.05, 0) is 52.2 Å². The van der Waals surface area contributed by atoms with Crippen LogP contribution in [0.3, 0.4) is 0 Å². The molecule has 14 heavy (non-hydrogen) atoms. The molecular weight excluding hydrogens is 176 g/mol. The summed E-state index contributed by atoms with van der Waals surface area (Å²) in [7, 11) is 2.21. The first kappa shape index (κ1) is 10.4. The third-order valence-corrected chi connectivity index (χ3v) is 3.40. The van der Waals surface area contributed by atoms with Crippen molar-refractivity contribution in [2.75, 3.05) is 26.7 Å². The van der Waals surface area contributed by atoms with Crippen molar-refractivity contribution >= 4 is 0 Å². The van der Waals surface area contributed by atoms with Crippen molar-refractivity contribution in [1.82, 2.24) is 10.2 Å². The Labute approximate surface area is 86.8 Å². The number of likely N-dealkylation sites (tertiary alicyclic amines) is 1. The van der Waals surface area contributed by atoms with E-state index in [1.165, 1.54) is 32.4 Å². The molecular formula is C11H22N2O. The molecule has 1 N–H and O–H groups in total. The van der Waals surface area contributed by atoms with Gasteiger partial charge in [-0.15, -0.1) is 0 Å². The van der Waals surface area contributed by atoms with E-state index in [2.05, 4.69) is 24.2 Å². The van der Waals surface area contributed by atoms with Gasteiger partial charge in [-0.25, -0.2) is 0 Å². The first-order chi connectivity index (χ1) is 6.74. The van der Waals surface area contributed by atoms with E-state index in [0.717, 1.165) is 12.5 Å². The summed E-state index contributed by atoms with van der Waals surface area (Å²) in [6.45, 7) is 5.59. The molecule has 0 aromatic rings. The van der Waals surface area contributed by atoms with Crippen LogP contribution < -0.4 is 5.32 Å². The predicted molar refractivity (Wildman–Crippen MR) is 57.2 cm³/mol. The third kappa shape index (κ3) is 2.69. The molecule has 2 aliphatic rings. The smallest absolute Gasteiger partial charge is 0.108 e. The minimum absolute atomic E-state index is 0.332. The van der Waals surface area contributed by atoms with E-state index < -0.39 is 0 Å². The molecule has 2 saturated heterocycles. The van der Waals surface area contributed by atoms with Crippen molar-refractivity contribution in [3.05, 3.63) is 0 Å². The highest BCUT2D eigenvalue weighted by molar-refractivity contribution is 4.77. The van der Waals surface area contributed by atoms with Gasteiger partial charge in [-0.1, -0.05) is 0 Å². The molecule has 3 nitrogen and oxygen atoms in total. The molecule has 2 fully saturated rings. The van der Waals surface area contributed by atoms with Gasteiger partial charge in [0.2, 0.25) is 0 Å². The molecule has 0 saturated carbocycles. The summed E-state index contributed by atoms with van der Waals surface area (Å²) < 4.78 is 5.67. The second-order valence-corrected chi connectivity index (χ2v) is 4.87. The fourth-order valence-electron chi connectivity index (χ4n) is 2.41. The maximum atomic E-state index is 5.67. The maximum Gasteiger partial charge on any atom is 0.108 e. The minimum atomic E-state index is 0.332. The topological polar surface area (TPSA) is 24.5 Å². The highest BCUT2D eigenvalue weighted by Gasteiger charge is 2.25. The largest absolute Gasteiger partial charge is 0.362 e. The van der Waals surface area contributed by atoms with Gasteiger partial charge in [-0.2, -0.15) is 0 Å². The summed E-state index contributed by atoms with van der Waals surface area (Å²) in [5.74, 6) is 0.869. The third-order valence-electron chi connectivity index (χ3n) is 3.40. The van der Waals surface area contributed by atoms with Crippen LogP contribution in [-0.4, -0.2) is 43.9 Å². The van der Waals surface area contributed by atoms with E-state index in [1.54, 1.807) is 0 Å². The molecule has 0 radical (unpaired) electrons. The second-order valence-electron chi connectivity index (χ2n) is 4.87. The lowest BCUT2D eigenvalue weighted by Gasteiger charge is -2.30. The van der Waals surface area contributed by atoms with Crippen molar-refractivity contribution in [2.24, 2.45) is 5.92 Å². The van der Waals surface area contributed by atoms with Crippen LogP contribution in [0.2, 0.25) is 0 Å². The summed E-state index contributed by atoms with van der Waals surface area (Å²) >= 11 is 0. The summed E-state index contributed by atoms with van der Waals surface area (Å²) in [5.41, 5.74) is 0. The van der Waals surface area contributed by atoms with Crippen molar-refractivity contribution in [2.45, 2.75) is 38.5 Å². The molecule has 2 rings (SSSR count).